The van der Waals surface area contributed by atoms with E-state index in [1.54, 1.807) is 18.2 Å². The van der Waals surface area contributed by atoms with Crippen LogP contribution in [0.5, 0.6) is 0 Å². The fraction of sp³-hybridized carbons (Fsp3) is 0.333. The first-order chi connectivity index (χ1) is 21.6. The molecule has 0 saturated carbocycles. The molecular weight excluding hydrogens is 683 g/mol. The summed E-state index contributed by atoms with van der Waals surface area (Å²) in [5.74, 6) is -1.33. The second-order valence-corrected chi connectivity index (χ2v) is 13.8. The van der Waals surface area contributed by atoms with Crippen LogP contribution in [-0.2, 0) is 25.0 Å². The number of benzene rings is 2. The van der Waals surface area contributed by atoms with Gasteiger partial charge in [-0.1, -0.05) is 23.2 Å². The highest BCUT2D eigenvalue weighted by Gasteiger charge is 2.19. The van der Waals surface area contributed by atoms with Gasteiger partial charge in [0.25, 0.3) is 20.2 Å². The van der Waals surface area contributed by atoms with Gasteiger partial charge in [0.1, 0.15) is 23.0 Å². The molecule has 3 N–H and O–H groups in total. The molecule has 0 aliphatic heterocycles. The normalized spacial score (nSPS) is 11.7. The number of hydrogen-bond acceptors (Lipinski definition) is 11. The van der Waals surface area contributed by atoms with E-state index in [1.165, 1.54) is 29.9 Å². The summed E-state index contributed by atoms with van der Waals surface area (Å²) in [6.07, 6.45) is 2.27. The molecule has 19 heteroatoms. The summed E-state index contributed by atoms with van der Waals surface area (Å²) in [7, 11) is -8.29. The van der Waals surface area contributed by atoms with Crippen LogP contribution in [0, 0.1) is 22.7 Å². The number of nitrogens with one attached hydrogen (secondary N) is 1. The summed E-state index contributed by atoms with van der Waals surface area (Å²) in [5, 5.41) is 34.3. The van der Waals surface area contributed by atoms with Crippen molar-refractivity contribution < 1.29 is 30.7 Å². The van der Waals surface area contributed by atoms with Crippen molar-refractivity contribution in [1.82, 2.24) is 9.78 Å². The van der Waals surface area contributed by atoms with Crippen LogP contribution in [0.15, 0.2) is 46.8 Å². The predicted molar refractivity (Wildman–Crippen MR) is 171 cm³/mol. The number of nitrogens with zero attached hydrogens (tertiary/aromatic N) is 7. The van der Waals surface area contributed by atoms with E-state index in [-0.39, 0.29) is 56.9 Å². The van der Waals surface area contributed by atoms with Crippen molar-refractivity contribution in [2.75, 3.05) is 34.8 Å². The molecule has 0 saturated heterocycles. The van der Waals surface area contributed by atoms with Crippen molar-refractivity contribution in [3.8, 4) is 17.8 Å². The van der Waals surface area contributed by atoms with Gasteiger partial charge in [0, 0.05) is 25.7 Å². The van der Waals surface area contributed by atoms with Gasteiger partial charge in [0.2, 0.25) is 5.91 Å². The summed E-state index contributed by atoms with van der Waals surface area (Å²) < 4.78 is 63.9. The molecular formula is C27H28Cl2N8O7S2. The lowest BCUT2D eigenvalue weighted by Gasteiger charge is -2.26. The van der Waals surface area contributed by atoms with Crippen molar-refractivity contribution in [1.29, 1.82) is 10.5 Å². The number of nitriles is 2. The van der Waals surface area contributed by atoms with E-state index in [0.29, 0.717) is 31.6 Å². The Bertz CT molecular complexity index is 1870. The molecule has 0 aliphatic carbocycles. The number of unbranched alkanes of at least 4 members (excludes halogenated alkanes) is 2. The topological polar surface area (TPSA) is 231 Å². The van der Waals surface area contributed by atoms with E-state index >= 15 is 0 Å². The molecule has 46 heavy (non-hydrogen) atoms. The molecule has 2 aromatic carbocycles. The lowest BCUT2D eigenvalue weighted by atomic mass is 10.2. The second-order valence-electron chi connectivity index (χ2n) is 9.86. The zero-order chi connectivity index (χ0) is 34.1. The van der Waals surface area contributed by atoms with Crippen LogP contribution >= 0.6 is 23.2 Å². The average Bonchev–Trinajstić information content (AvgIpc) is 3.36. The maximum Gasteiger partial charge on any atom is 0.264 e. The molecule has 1 heterocycles. The maximum absolute atomic E-state index is 12.1. The van der Waals surface area contributed by atoms with E-state index < -0.39 is 37.6 Å². The van der Waals surface area contributed by atoms with Gasteiger partial charge >= 0.3 is 0 Å². The third-order valence-electron chi connectivity index (χ3n) is 6.29. The van der Waals surface area contributed by atoms with Gasteiger partial charge in [0.15, 0.2) is 5.82 Å². The molecule has 0 fully saturated rings. The fourth-order valence-electron chi connectivity index (χ4n) is 4.26. The number of carbonyl (C=O) groups excluding carboxylic acids is 1. The molecule has 15 nitrogen and oxygen atoms in total. The van der Waals surface area contributed by atoms with E-state index in [4.69, 9.17) is 32.3 Å². The van der Waals surface area contributed by atoms with Crippen LogP contribution in [0.25, 0.3) is 5.69 Å². The van der Waals surface area contributed by atoms with E-state index in [0.717, 1.165) is 0 Å². The Hall–Kier alpha value is -4.10. The van der Waals surface area contributed by atoms with Crippen LogP contribution < -0.4 is 10.2 Å². The summed E-state index contributed by atoms with van der Waals surface area (Å²) in [6, 6.07) is 11.5. The summed E-state index contributed by atoms with van der Waals surface area (Å²) in [5.41, 5.74) is 1.38. The SMILES string of the molecule is CC(=O)Nc1cc(N(CCCCS(=O)(=O)O)CCCCS(=O)(=O)O)ccc1N=Nc1c(C#N)cnn1-c1c(Cl)cc(C#N)cc1Cl. The molecule has 1 aromatic heterocycles. The van der Waals surface area contributed by atoms with E-state index in [9.17, 15) is 32.2 Å². The molecule has 0 spiro atoms. The highest BCUT2D eigenvalue weighted by molar-refractivity contribution is 7.86. The molecule has 1 amide bonds. The third-order valence-corrected chi connectivity index (χ3v) is 8.48. The minimum atomic E-state index is -4.15. The monoisotopic (exact) mass is 710 g/mol. The zero-order valence-corrected chi connectivity index (χ0v) is 27.4. The first-order valence-corrected chi connectivity index (χ1v) is 17.5. The minimum Gasteiger partial charge on any atom is -0.371 e. The number of anilines is 2. The number of rotatable bonds is 15. The second kappa shape index (κ2) is 15.9. The standard InChI is InChI=1S/C27H28Cl2N8O7S2/c1-18(38)33-25-14-21(36(8-2-4-10-45(39,40)41)9-3-5-11-46(42,43)44)6-7-24(25)34-35-27-20(16-31)17-32-37(27)26-22(28)12-19(15-30)13-23(26)29/h6-7,12-14,17H,2-5,8-11H2,1H3,(H,33,38)(H,39,40,41)(H,42,43,44). The highest BCUT2D eigenvalue weighted by atomic mass is 35.5. The van der Waals surface area contributed by atoms with Gasteiger partial charge in [-0.05, 0) is 56.0 Å². The Morgan fingerprint density at radius 2 is 1.54 bits per heavy atom. The fourth-order valence-corrected chi connectivity index (χ4v) is 6.04. The molecule has 0 bridgehead atoms. The Morgan fingerprint density at radius 1 is 0.957 bits per heavy atom. The van der Waals surface area contributed by atoms with Crippen LogP contribution in [0.3, 0.4) is 0 Å². The molecule has 0 radical (unpaired) electrons. The Balaban J connectivity index is 1.98. The van der Waals surface area contributed by atoms with Crippen molar-refractivity contribution in [2.24, 2.45) is 10.2 Å². The number of amides is 1. The first-order valence-electron chi connectivity index (χ1n) is 13.5. The van der Waals surface area contributed by atoms with Gasteiger partial charge in [-0.2, -0.15) is 32.5 Å². The largest absolute Gasteiger partial charge is 0.371 e. The third kappa shape index (κ3) is 10.8. The van der Waals surface area contributed by atoms with Crippen LogP contribution in [0.2, 0.25) is 10.0 Å². The molecule has 3 aromatic rings. The van der Waals surface area contributed by atoms with Gasteiger partial charge in [-0.25, -0.2) is 4.68 Å². The van der Waals surface area contributed by atoms with E-state index in [1.807, 2.05) is 17.0 Å². The van der Waals surface area contributed by atoms with Gasteiger partial charge in [-0.15, -0.1) is 10.2 Å². The molecule has 0 atom stereocenters. The van der Waals surface area contributed by atoms with Gasteiger partial charge < -0.3 is 10.2 Å². The highest BCUT2D eigenvalue weighted by Crippen LogP contribution is 2.36. The van der Waals surface area contributed by atoms with Gasteiger partial charge in [-0.3, -0.25) is 13.9 Å². The molecule has 0 unspecified atom stereocenters. The molecule has 244 valence electrons. The molecule has 3 rings (SSSR count). The summed E-state index contributed by atoms with van der Waals surface area (Å²) in [6.45, 7) is 1.92. The van der Waals surface area contributed by atoms with Gasteiger partial charge in [0.05, 0.1) is 45.1 Å². The molecule has 0 aliphatic rings. The average molecular weight is 712 g/mol. The van der Waals surface area contributed by atoms with Crippen LogP contribution in [0.4, 0.5) is 22.9 Å². The number of halogens is 2. The first kappa shape index (κ1) is 36.4. The van der Waals surface area contributed by atoms with Crippen molar-refractivity contribution in [3.05, 3.63) is 57.7 Å². The van der Waals surface area contributed by atoms with Crippen LogP contribution in [0.1, 0.15) is 43.7 Å². The Kier molecular flexibility index (Phi) is 12.6. The zero-order valence-electron chi connectivity index (χ0n) is 24.3. The quantitative estimate of drug-likeness (QED) is 0.102. The Labute approximate surface area is 275 Å². The number of aromatic nitrogens is 2. The van der Waals surface area contributed by atoms with Crippen molar-refractivity contribution >= 4 is 72.2 Å². The smallest absolute Gasteiger partial charge is 0.264 e. The number of hydrogen-bond donors (Lipinski definition) is 3. The number of carbonyl (C=O) groups is 1. The van der Waals surface area contributed by atoms with E-state index in [2.05, 4.69) is 20.6 Å². The Morgan fingerprint density at radius 3 is 2.04 bits per heavy atom. The minimum absolute atomic E-state index is 0.0268. The lowest BCUT2D eigenvalue weighted by molar-refractivity contribution is -0.114. The summed E-state index contributed by atoms with van der Waals surface area (Å²) in [4.78, 5) is 13.9. The van der Waals surface area contributed by atoms with Crippen LogP contribution in [-0.4, -0.2) is 66.2 Å². The predicted octanol–water partition coefficient (Wildman–Crippen LogP) is 5.44. The van der Waals surface area contributed by atoms with Crippen molar-refractivity contribution in [3.63, 3.8) is 0 Å². The van der Waals surface area contributed by atoms with Crippen molar-refractivity contribution in [2.45, 2.75) is 32.6 Å². The maximum atomic E-state index is 12.1. The summed E-state index contributed by atoms with van der Waals surface area (Å²) >= 11 is 12.7. The number of azo groups is 1. The lowest BCUT2D eigenvalue weighted by Crippen LogP contribution is -2.26.